The summed E-state index contributed by atoms with van der Waals surface area (Å²) in [6, 6.07) is 3.73. The third-order valence-electron chi connectivity index (χ3n) is 3.05. The molecule has 0 bridgehead atoms. The van der Waals surface area contributed by atoms with Crippen molar-refractivity contribution in [2.45, 2.75) is 19.3 Å². The molecule has 0 radical (unpaired) electrons. The maximum absolute atomic E-state index is 11.1. The van der Waals surface area contributed by atoms with Crippen LogP contribution < -0.4 is 25.3 Å². The van der Waals surface area contributed by atoms with Crippen molar-refractivity contribution < 1.29 is 19.0 Å². The molecule has 0 aromatic heterocycles. The van der Waals surface area contributed by atoms with E-state index in [2.05, 4.69) is 5.32 Å². The Morgan fingerprint density at radius 2 is 2.15 bits per heavy atom. The Kier molecular flexibility index (Phi) is 5.06. The van der Waals surface area contributed by atoms with Crippen LogP contribution in [-0.4, -0.2) is 32.9 Å². The van der Waals surface area contributed by atoms with Crippen LogP contribution in [0, 0.1) is 0 Å². The van der Waals surface area contributed by atoms with E-state index in [0.717, 1.165) is 17.1 Å². The summed E-state index contributed by atoms with van der Waals surface area (Å²) in [5, 5.41) is 2.58. The second kappa shape index (κ2) is 7.00. The van der Waals surface area contributed by atoms with Crippen LogP contribution in [0.3, 0.4) is 0 Å². The molecule has 1 aliphatic heterocycles. The highest BCUT2D eigenvalue weighted by atomic mass is 16.7. The monoisotopic (exact) mass is 280 g/mol. The van der Waals surface area contributed by atoms with Gasteiger partial charge in [-0.15, -0.1) is 0 Å². The predicted octanol–water partition coefficient (Wildman–Crippen LogP) is 0.822. The minimum Gasteiger partial charge on any atom is -0.493 e. The molecule has 0 atom stereocenters. The molecular formula is C14H20N2O4. The van der Waals surface area contributed by atoms with E-state index in [9.17, 15) is 4.79 Å². The SMILES string of the molecule is CNC(=O)CCCOc1cc2c(cc1CCN)OCO2. The van der Waals surface area contributed by atoms with Gasteiger partial charge in [0.2, 0.25) is 12.7 Å². The Morgan fingerprint density at radius 3 is 2.85 bits per heavy atom. The number of nitrogens with two attached hydrogens (primary N) is 1. The number of fused-ring (bicyclic) bond motifs is 1. The predicted molar refractivity (Wildman–Crippen MR) is 74.1 cm³/mol. The van der Waals surface area contributed by atoms with Gasteiger partial charge in [0.15, 0.2) is 11.5 Å². The number of ether oxygens (including phenoxy) is 3. The van der Waals surface area contributed by atoms with Gasteiger partial charge in [0.25, 0.3) is 0 Å². The van der Waals surface area contributed by atoms with E-state index in [0.29, 0.717) is 38.2 Å². The zero-order chi connectivity index (χ0) is 14.4. The van der Waals surface area contributed by atoms with Crippen LogP contribution in [0.1, 0.15) is 18.4 Å². The second-order valence-electron chi connectivity index (χ2n) is 4.48. The number of amides is 1. The lowest BCUT2D eigenvalue weighted by Gasteiger charge is -2.12. The van der Waals surface area contributed by atoms with Crippen molar-refractivity contribution in [2.24, 2.45) is 5.73 Å². The first-order valence-electron chi connectivity index (χ1n) is 6.70. The summed E-state index contributed by atoms with van der Waals surface area (Å²) in [5.74, 6) is 2.18. The molecule has 0 saturated carbocycles. The molecule has 0 fully saturated rings. The minimum atomic E-state index is 0.0152. The van der Waals surface area contributed by atoms with Gasteiger partial charge in [-0.3, -0.25) is 4.79 Å². The fourth-order valence-electron chi connectivity index (χ4n) is 1.99. The quantitative estimate of drug-likeness (QED) is 0.723. The van der Waals surface area contributed by atoms with Gasteiger partial charge in [-0.2, -0.15) is 0 Å². The van der Waals surface area contributed by atoms with Gasteiger partial charge < -0.3 is 25.3 Å². The molecule has 0 spiro atoms. The highest BCUT2D eigenvalue weighted by Gasteiger charge is 2.17. The summed E-state index contributed by atoms with van der Waals surface area (Å²) in [4.78, 5) is 11.1. The molecule has 2 rings (SSSR count). The molecule has 1 aromatic rings. The summed E-state index contributed by atoms with van der Waals surface area (Å²) >= 11 is 0. The third kappa shape index (κ3) is 3.54. The molecule has 1 heterocycles. The number of hydrogen-bond donors (Lipinski definition) is 2. The molecule has 0 unspecified atom stereocenters. The van der Waals surface area contributed by atoms with Crippen LogP contribution in [-0.2, 0) is 11.2 Å². The van der Waals surface area contributed by atoms with E-state index in [4.69, 9.17) is 19.9 Å². The Bertz CT molecular complexity index is 476. The van der Waals surface area contributed by atoms with Crippen LogP contribution in [0.25, 0.3) is 0 Å². The van der Waals surface area contributed by atoms with E-state index >= 15 is 0 Å². The summed E-state index contributed by atoms with van der Waals surface area (Å²) in [6.07, 6.45) is 1.82. The fraction of sp³-hybridized carbons (Fsp3) is 0.500. The lowest BCUT2D eigenvalue weighted by molar-refractivity contribution is -0.120. The molecule has 1 aliphatic rings. The number of hydrogen-bond acceptors (Lipinski definition) is 5. The van der Waals surface area contributed by atoms with Gasteiger partial charge in [0, 0.05) is 19.5 Å². The molecule has 20 heavy (non-hydrogen) atoms. The molecular weight excluding hydrogens is 260 g/mol. The molecule has 110 valence electrons. The summed E-state index contributed by atoms with van der Waals surface area (Å²) in [7, 11) is 1.63. The van der Waals surface area contributed by atoms with E-state index in [-0.39, 0.29) is 12.7 Å². The molecule has 3 N–H and O–H groups in total. The fourth-order valence-corrected chi connectivity index (χ4v) is 1.99. The number of nitrogens with one attached hydrogen (secondary N) is 1. The van der Waals surface area contributed by atoms with Gasteiger partial charge in [0.05, 0.1) is 6.61 Å². The van der Waals surface area contributed by atoms with Crippen LogP contribution in [0.4, 0.5) is 0 Å². The van der Waals surface area contributed by atoms with Crippen molar-refractivity contribution in [1.82, 2.24) is 5.32 Å². The van der Waals surface area contributed by atoms with Gasteiger partial charge >= 0.3 is 0 Å². The summed E-state index contributed by atoms with van der Waals surface area (Å²) < 4.78 is 16.4. The van der Waals surface area contributed by atoms with Gasteiger partial charge in [-0.1, -0.05) is 0 Å². The van der Waals surface area contributed by atoms with E-state index in [1.807, 2.05) is 12.1 Å². The normalized spacial score (nSPS) is 12.3. The highest BCUT2D eigenvalue weighted by molar-refractivity contribution is 5.75. The summed E-state index contributed by atoms with van der Waals surface area (Å²) in [6.45, 7) is 1.25. The van der Waals surface area contributed by atoms with Crippen molar-refractivity contribution in [3.8, 4) is 17.2 Å². The average molecular weight is 280 g/mol. The first-order valence-corrected chi connectivity index (χ1v) is 6.70. The lowest BCUT2D eigenvalue weighted by atomic mass is 10.1. The Labute approximate surface area is 118 Å². The standard InChI is InChI=1S/C14H20N2O4/c1-16-14(17)3-2-6-18-11-8-13-12(19-9-20-13)7-10(11)4-5-15/h7-8H,2-6,9,15H2,1H3,(H,16,17). The van der Waals surface area contributed by atoms with Gasteiger partial charge in [0.1, 0.15) is 5.75 Å². The van der Waals surface area contributed by atoms with Crippen LogP contribution in [0.5, 0.6) is 17.2 Å². The Morgan fingerprint density at radius 1 is 1.40 bits per heavy atom. The Balaban J connectivity index is 1.97. The largest absolute Gasteiger partial charge is 0.493 e. The van der Waals surface area contributed by atoms with Gasteiger partial charge in [-0.25, -0.2) is 0 Å². The van der Waals surface area contributed by atoms with Crippen LogP contribution >= 0.6 is 0 Å². The zero-order valence-corrected chi connectivity index (χ0v) is 11.6. The molecule has 6 nitrogen and oxygen atoms in total. The van der Waals surface area contributed by atoms with Crippen LogP contribution in [0.2, 0.25) is 0 Å². The van der Waals surface area contributed by atoms with E-state index in [1.54, 1.807) is 7.05 Å². The molecule has 1 amide bonds. The minimum absolute atomic E-state index is 0.0152. The zero-order valence-electron chi connectivity index (χ0n) is 11.6. The maximum atomic E-state index is 11.1. The van der Waals surface area contributed by atoms with Crippen LogP contribution in [0.15, 0.2) is 12.1 Å². The van der Waals surface area contributed by atoms with Crippen molar-refractivity contribution in [3.05, 3.63) is 17.7 Å². The number of rotatable bonds is 7. The topological polar surface area (TPSA) is 82.8 Å². The smallest absolute Gasteiger partial charge is 0.231 e. The number of carbonyl (C=O) groups excluding carboxylic acids is 1. The highest BCUT2D eigenvalue weighted by Crippen LogP contribution is 2.38. The third-order valence-corrected chi connectivity index (χ3v) is 3.05. The number of carbonyl (C=O) groups is 1. The average Bonchev–Trinajstić information content (AvgIpc) is 2.90. The van der Waals surface area contributed by atoms with Gasteiger partial charge in [-0.05, 0) is 31.0 Å². The molecule has 1 aromatic carbocycles. The molecule has 6 heteroatoms. The van der Waals surface area contributed by atoms with Crippen molar-refractivity contribution in [1.29, 1.82) is 0 Å². The molecule has 0 aliphatic carbocycles. The van der Waals surface area contributed by atoms with Crippen molar-refractivity contribution in [3.63, 3.8) is 0 Å². The lowest BCUT2D eigenvalue weighted by Crippen LogP contribution is -2.18. The first kappa shape index (κ1) is 14.5. The van der Waals surface area contributed by atoms with E-state index in [1.165, 1.54) is 0 Å². The first-order chi connectivity index (χ1) is 9.74. The second-order valence-corrected chi connectivity index (χ2v) is 4.48. The summed E-state index contributed by atoms with van der Waals surface area (Å²) in [5.41, 5.74) is 6.60. The molecule has 0 saturated heterocycles. The van der Waals surface area contributed by atoms with E-state index < -0.39 is 0 Å². The van der Waals surface area contributed by atoms with Crippen molar-refractivity contribution in [2.75, 3.05) is 27.0 Å². The number of benzene rings is 1. The van der Waals surface area contributed by atoms with Crippen molar-refractivity contribution >= 4 is 5.91 Å². The maximum Gasteiger partial charge on any atom is 0.231 e. The Hall–Kier alpha value is -1.95.